The largest absolute Gasteiger partial charge is 0.325 e. The fraction of sp³-hybridized carbons (Fsp3) is 0.412. The predicted octanol–water partition coefficient (Wildman–Crippen LogP) is 3.32. The second kappa shape index (κ2) is 5.84. The Morgan fingerprint density at radius 3 is 2.57 bits per heavy atom. The highest BCUT2D eigenvalue weighted by atomic mass is 15.1. The van der Waals surface area contributed by atoms with Gasteiger partial charge in [0.15, 0.2) is 0 Å². The first-order valence-electron chi connectivity index (χ1n) is 7.80. The molecule has 3 heterocycles. The average molecular weight is 308 g/mol. The van der Waals surface area contributed by atoms with Gasteiger partial charge in [-0.25, -0.2) is 9.97 Å². The van der Waals surface area contributed by atoms with E-state index in [2.05, 4.69) is 44.0 Å². The second-order valence-electron chi connectivity index (χ2n) is 6.34. The summed E-state index contributed by atoms with van der Waals surface area (Å²) in [6, 6.07) is 4.21. The van der Waals surface area contributed by atoms with Crippen LogP contribution in [-0.2, 0) is 6.54 Å². The topological polar surface area (TPSA) is 83.2 Å². The molecule has 0 amide bonds. The van der Waals surface area contributed by atoms with Crippen LogP contribution in [0, 0.1) is 11.3 Å². The van der Waals surface area contributed by atoms with Crippen LogP contribution in [-0.4, -0.2) is 24.7 Å². The van der Waals surface area contributed by atoms with E-state index >= 15 is 0 Å². The molecule has 0 fully saturated rings. The van der Waals surface area contributed by atoms with E-state index in [0.29, 0.717) is 12.1 Å². The maximum absolute atomic E-state index is 9.52. The van der Waals surface area contributed by atoms with Gasteiger partial charge in [0.2, 0.25) is 0 Å². The van der Waals surface area contributed by atoms with Gasteiger partial charge in [-0.15, -0.1) is 0 Å². The minimum absolute atomic E-state index is 0.230. The van der Waals surface area contributed by atoms with E-state index in [-0.39, 0.29) is 11.8 Å². The molecule has 0 aromatic carbocycles. The quantitative estimate of drug-likeness (QED) is 0.801. The van der Waals surface area contributed by atoms with Crippen molar-refractivity contribution in [3.8, 4) is 6.07 Å². The monoisotopic (exact) mass is 308 g/mol. The summed E-state index contributed by atoms with van der Waals surface area (Å²) in [5, 5.41) is 17.3. The van der Waals surface area contributed by atoms with E-state index in [9.17, 15) is 5.26 Å². The molecule has 3 aromatic rings. The molecule has 6 heteroatoms. The Kier molecular flexibility index (Phi) is 3.87. The van der Waals surface area contributed by atoms with Crippen LogP contribution in [0.2, 0.25) is 0 Å². The molecule has 6 nitrogen and oxygen atoms in total. The van der Waals surface area contributed by atoms with Gasteiger partial charge in [-0.2, -0.15) is 10.4 Å². The first-order valence-corrected chi connectivity index (χ1v) is 7.80. The Morgan fingerprint density at radius 2 is 2.00 bits per heavy atom. The van der Waals surface area contributed by atoms with E-state index in [0.717, 1.165) is 28.2 Å². The summed E-state index contributed by atoms with van der Waals surface area (Å²) < 4.78 is 2.00. The van der Waals surface area contributed by atoms with Crippen molar-refractivity contribution in [1.29, 1.82) is 5.26 Å². The summed E-state index contributed by atoms with van der Waals surface area (Å²) in [6.07, 6.45) is 3.58. The number of H-pyrrole nitrogens is 1. The van der Waals surface area contributed by atoms with E-state index < -0.39 is 0 Å². The lowest BCUT2D eigenvalue weighted by Crippen LogP contribution is -2.07. The SMILES string of the molecule is CC(C)c1nc(C(C)C)c2c(C#N)cn(Cc3ccn[nH]3)c2n1. The number of hydrogen-bond acceptors (Lipinski definition) is 4. The van der Waals surface area contributed by atoms with E-state index in [1.807, 2.05) is 16.8 Å². The van der Waals surface area contributed by atoms with Crippen LogP contribution < -0.4 is 0 Å². The highest BCUT2D eigenvalue weighted by Crippen LogP contribution is 2.29. The predicted molar refractivity (Wildman–Crippen MR) is 88.1 cm³/mol. The summed E-state index contributed by atoms with van der Waals surface area (Å²) >= 11 is 0. The first-order chi connectivity index (χ1) is 11.0. The summed E-state index contributed by atoms with van der Waals surface area (Å²) in [6.45, 7) is 8.96. The number of rotatable bonds is 4. The Morgan fingerprint density at radius 1 is 1.22 bits per heavy atom. The lowest BCUT2D eigenvalue weighted by atomic mass is 10.0. The number of hydrogen-bond donors (Lipinski definition) is 1. The maximum atomic E-state index is 9.52. The van der Waals surface area contributed by atoms with Crippen molar-refractivity contribution in [2.75, 3.05) is 0 Å². The van der Waals surface area contributed by atoms with Gasteiger partial charge in [0.25, 0.3) is 0 Å². The third kappa shape index (κ3) is 2.70. The van der Waals surface area contributed by atoms with Crippen molar-refractivity contribution < 1.29 is 0 Å². The van der Waals surface area contributed by atoms with Crippen LogP contribution in [0.15, 0.2) is 18.5 Å². The first kappa shape index (κ1) is 15.2. The Bertz CT molecular complexity index is 865. The van der Waals surface area contributed by atoms with Crippen LogP contribution in [0.4, 0.5) is 0 Å². The van der Waals surface area contributed by atoms with Crippen molar-refractivity contribution in [3.63, 3.8) is 0 Å². The van der Waals surface area contributed by atoms with Crippen molar-refractivity contribution in [3.05, 3.63) is 41.2 Å². The molecule has 0 aliphatic carbocycles. The standard InChI is InChI=1S/C17H20N6/c1-10(2)15-14-12(7-18)8-23(9-13-5-6-19-22-13)17(14)21-16(20-15)11(3)4/h5-6,8,10-11H,9H2,1-4H3,(H,19,22). The van der Waals surface area contributed by atoms with Gasteiger partial charge in [0.1, 0.15) is 17.5 Å². The third-order valence-electron chi connectivity index (χ3n) is 3.84. The molecular weight excluding hydrogens is 288 g/mol. The molecule has 118 valence electrons. The van der Waals surface area contributed by atoms with Gasteiger partial charge in [0.05, 0.1) is 28.9 Å². The number of aromatic amines is 1. The van der Waals surface area contributed by atoms with Crippen molar-refractivity contribution in [1.82, 2.24) is 24.7 Å². The van der Waals surface area contributed by atoms with E-state index in [1.54, 1.807) is 6.20 Å². The number of aromatic nitrogens is 5. The summed E-state index contributed by atoms with van der Waals surface area (Å²) in [4.78, 5) is 9.46. The molecule has 0 bridgehead atoms. The zero-order valence-corrected chi connectivity index (χ0v) is 13.8. The maximum Gasteiger partial charge on any atom is 0.145 e. The molecular formula is C17H20N6. The van der Waals surface area contributed by atoms with Crippen molar-refractivity contribution in [2.24, 2.45) is 0 Å². The molecule has 23 heavy (non-hydrogen) atoms. The Hall–Kier alpha value is -2.68. The van der Waals surface area contributed by atoms with Crippen LogP contribution in [0.5, 0.6) is 0 Å². The average Bonchev–Trinajstić information content (AvgIpc) is 3.14. The van der Waals surface area contributed by atoms with Crippen LogP contribution >= 0.6 is 0 Å². The molecule has 0 aliphatic rings. The summed E-state index contributed by atoms with van der Waals surface area (Å²) in [7, 11) is 0. The lowest BCUT2D eigenvalue weighted by Gasteiger charge is -2.12. The fourth-order valence-corrected chi connectivity index (χ4v) is 2.67. The Labute approximate surface area is 135 Å². The molecule has 0 saturated heterocycles. The minimum atomic E-state index is 0.230. The minimum Gasteiger partial charge on any atom is -0.325 e. The van der Waals surface area contributed by atoms with Crippen molar-refractivity contribution in [2.45, 2.75) is 46.1 Å². The second-order valence-corrected chi connectivity index (χ2v) is 6.34. The smallest absolute Gasteiger partial charge is 0.145 e. The van der Waals surface area contributed by atoms with Crippen LogP contribution in [0.1, 0.15) is 62.3 Å². The normalized spacial score (nSPS) is 11.5. The molecule has 0 radical (unpaired) electrons. The third-order valence-corrected chi connectivity index (χ3v) is 3.84. The molecule has 3 aromatic heterocycles. The molecule has 0 spiro atoms. The van der Waals surface area contributed by atoms with Crippen molar-refractivity contribution >= 4 is 11.0 Å². The number of nitrogens with zero attached hydrogens (tertiary/aromatic N) is 5. The number of nitriles is 1. The Balaban J connectivity index is 2.27. The fourth-order valence-electron chi connectivity index (χ4n) is 2.67. The highest BCUT2D eigenvalue weighted by Gasteiger charge is 2.20. The zero-order valence-electron chi connectivity index (χ0n) is 13.8. The number of nitrogens with one attached hydrogen (secondary N) is 1. The van der Waals surface area contributed by atoms with Gasteiger partial charge in [-0.05, 0) is 12.0 Å². The van der Waals surface area contributed by atoms with Crippen LogP contribution in [0.3, 0.4) is 0 Å². The molecule has 0 saturated carbocycles. The summed E-state index contributed by atoms with van der Waals surface area (Å²) in [5.41, 5.74) is 3.36. The van der Waals surface area contributed by atoms with E-state index in [1.165, 1.54) is 0 Å². The van der Waals surface area contributed by atoms with Gasteiger partial charge in [-0.1, -0.05) is 27.7 Å². The molecule has 3 rings (SSSR count). The van der Waals surface area contributed by atoms with Gasteiger partial charge >= 0.3 is 0 Å². The molecule has 1 N–H and O–H groups in total. The zero-order chi connectivity index (χ0) is 16.6. The lowest BCUT2D eigenvalue weighted by molar-refractivity contribution is 0.728. The van der Waals surface area contributed by atoms with Crippen LogP contribution in [0.25, 0.3) is 11.0 Å². The van der Waals surface area contributed by atoms with Gasteiger partial charge < -0.3 is 4.57 Å². The molecule has 0 unspecified atom stereocenters. The van der Waals surface area contributed by atoms with E-state index in [4.69, 9.17) is 9.97 Å². The van der Waals surface area contributed by atoms with Gasteiger partial charge in [0, 0.05) is 18.3 Å². The molecule has 0 aliphatic heterocycles. The number of fused-ring (bicyclic) bond motifs is 1. The highest BCUT2D eigenvalue weighted by molar-refractivity contribution is 5.86. The van der Waals surface area contributed by atoms with Gasteiger partial charge in [-0.3, -0.25) is 5.10 Å². The summed E-state index contributed by atoms with van der Waals surface area (Å²) in [5.74, 6) is 1.28. The molecule has 0 atom stereocenters.